The number of benzene rings is 1. The Bertz CT molecular complexity index is 1060. The molecule has 0 aliphatic rings. The molecule has 0 bridgehead atoms. The third-order valence-corrected chi connectivity index (χ3v) is 5.07. The second-order valence-electron chi connectivity index (χ2n) is 5.55. The molecule has 0 spiro atoms. The molecule has 0 aliphatic carbocycles. The molecule has 0 saturated carbocycles. The summed E-state index contributed by atoms with van der Waals surface area (Å²) < 4.78 is 13.7. The highest BCUT2D eigenvalue weighted by Gasteiger charge is 2.16. The van der Waals surface area contributed by atoms with Crippen LogP contribution < -0.4 is 0 Å². The molecule has 9 heteroatoms. The lowest BCUT2D eigenvalue weighted by Crippen LogP contribution is -2.01. The van der Waals surface area contributed by atoms with Crippen LogP contribution in [-0.4, -0.2) is 25.0 Å². The van der Waals surface area contributed by atoms with E-state index in [0.29, 0.717) is 28.0 Å². The van der Waals surface area contributed by atoms with Crippen LogP contribution in [0.2, 0.25) is 0 Å². The lowest BCUT2D eigenvalue weighted by atomic mass is 10.2. The molecule has 3 aromatic heterocycles. The first-order chi connectivity index (χ1) is 12.6. The van der Waals surface area contributed by atoms with Crippen LogP contribution in [0.25, 0.3) is 17.3 Å². The van der Waals surface area contributed by atoms with Gasteiger partial charge >= 0.3 is 0 Å². The van der Waals surface area contributed by atoms with Gasteiger partial charge in [-0.3, -0.25) is 4.57 Å². The van der Waals surface area contributed by atoms with Crippen molar-refractivity contribution < 1.29 is 8.83 Å². The second-order valence-corrected chi connectivity index (χ2v) is 7.27. The van der Waals surface area contributed by atoms with E-state index in [9.17, 15) is 0 Å². The van der Waals surface area contributed by atoms with Crippen molar-refractivity contribution in [2.45, 2.75) is 24.8 Å². The zero-order valence-corrected chi connectivity index (χ0v) is 16.4. The van der Waals surface area contributed by atoms with Gasteiger partial charge in [-0.25, -0.2) is 0 Å². The summed E-state index contributed by atoms with van der Waals surface area (Å²) in [5, 5.41) is 17.4. The summed E-state index contributed by atoms with van der Waals surface area (Å²) in [6.07, 6.45) is 0. The minimum Gasteiger partial charge on any atom is -0.444 e. The molecule has 0 unspecified atom stereocenters. The number of thioether (sulfide) groups is 1. The van der Waals surface area contributed by atoms with Gasteiger partial charge in [0.2, 0.25) is 5.89 Å². The standard InChI is InChI=1S/C17H14BrN5O2S/c1-10-5-3-4-6-12(10)23-11(2)19-22-17(23)26-9-15-20-21-16(25-15)13-7-8-14(18)24-13/h3-8H,9H2,1-2H3. The summed E-state index contributed by atoms with van der Waals surface area (Å²) in [7, 11) is 0. The van der Waals surface area contributed by atoms with Gasteiger partial charge in [-0.2, -0.15) is 0 Å². The SMILES string of the molecule is Cc1ccccc1-n1c(C)nnc1SCc1nnc(-c2ccc(Br)o2)o1. The van der Waals surface area contributed by atoms with Gasteiger partial charge in [-0.1, -0.05) is 30.0 Å². The van der Waals surface area contributed by atoms with E-state index in [2.05, 4.69) is 55.4 Å². The Morgan fingerprint density at radius 3 is 2.62 bits per heavy atom. The van der Waals surface area contributed by atoms with Crippen molar-refractivity contribution in [3.8, 4) is 17.3 Å². The van der Waals surface area contributed by atoms with Crippen LogP contribution in [0.1, 0.15) is 17.3 Å². The monoisotopic (exact) mass is 431 g/mol. The van der Waals surface area contributed by atoms with Crippen molar-refractivity contribution in [1.29, 1.82) is 0 Å². The lowest BCUT2D eigenvalue weighted by Gasteiger charge is -2.10. The van der Waals surface area contributed by atoms with Crippen LogP contribution in [0, 0.1) is 13.8 Å². The van der Waals surface area contributed by atoms with Crippen molar-refractivity contribution in [1.82, 2.24) is 25.0 Å². The normalized spacial score (nSPS) is 11.2. The molecule has 26 heavy (non-hydrogen) atoms. The molecular formula is C17H14BrN5O2S. The fourth-order valence-electron chi connectivity index (χ4n) is 2.50. The van der Waals surface area contributed by atoms with Crippen molar-refractivity contribution in [2.75, 3.05) is 0 Å². The third-order valence-electron chi connectivity index (χ3n) is 3.73. The smallest absolute Gasteiger partial charge is 0.283 e. The maximum atomic E-state index is 5.67. The van der Waals surface area contributed by atoms with Crippen molar-refractivity contribution in [3.63, 3.8) is 0 Å². The van der Waals surface area contributed by atoms with Gasteiger partial charge in [0.1, 0.15) is 5.82 Å². The van der Waals surface area contributed by atoms with E-state index in [-0.39, 0.29) is 0 Å². The van der Waals surface area contributed by atoms with Crippen LogP contribution in [-0.2, 0) is 5.75 Å². The lowest BCUT2D eigenvalue weighted by molar-refractivity contribution is 0.486. The maximum Gasteiger partial charge on any atom is 0.283 e. The highest BCUT2D eigenvalue weighted by molar-refractivity contribution is 9.10. The van der Waals surface area contributed by atoms with Crippen molar-refractivity contribution in [3.05, 3.63) is 58.3 Å². The van der Waals surface area contributed by atoms with Crippen LogP contribution in [0.5, 0.6) is 0 Å². The van der Waals surface area contributed by atoms with E-state index in [0.717, 1.165) is 22.2 Å². The molecule has 0 amide bonds. The Labute approximate surface area is 162 Å². The van der Waals surface area contributed by atoms with E-state index in [4.69, 9.17) is 8.83 Å². The summed E-state index contributed by atoms with van der Waals surface area (Å²) >= 11 is 4.75. The largest absolute Gasteiger partial charge is 0.444 e. The number of hydrogen-bond acceptors (Lipinski definition) is 7. The zero-order valence-electron chi connectivity index (χ0n) is 14.0. The Morgan fingerprint density at radius 2 is 1.85 bits per heavy atom. The van der Waals surface area contributed by atoms with Crippen LogP contribution in [0.15, 0.2) is 55.1 Å². The highest BCUT2D eigenvalue weighted by Crippen LogP contribution is 2.28. The van der Waals surface area contributed by atoms with E-state index < -0.39 is 0 Å². The summed E-state index contributed by atoms with van der Waals surface area (Å²) in [4.78, 5) is 0. The van der Waals surface area contributed by atoms with E-state index in [1.807, 2.05) is 23.6 Å². The van der Waals surface area contributed by atoms with Crippen LogP contribution >= 0.6 is 27.7 Å². The van der Waals surface area contributed by atoms with Gasteiger partial charge in [-0.05, 0) is 53.5 Å². The van der Waals surface area contributed by atoms with Gasteiger partial charge in [0.25, 0.3) is 5.89 Å². The van der Waals surface area contributed by atoms with Crippen LogP contribution in [0.4, 0.5) is 0 Å². The van der Waals surface area contributed by atoms with Crippen LogP contribution in [0.3, 0.4) is 0 Å². The quantitative estimate of drug-likeness (QED) is 0.427. The molecule has 0 aliphatic heterocycles. The Hall–Kier alpha value is -2.39. The van der Waals surface area contributed by atoms with E-state index >= 15 is 0 Å². The molecule has 7 nitrogen and oxygen atoms in total. The zero-order chi connectivity index (χ0) is 18.1. The Kier molecular flexibility index (Phi) is 4.64. The Morgan fingerprint density at radius 1 is 1.00 bits per heavy atom. The number of hydrogen-bond donors (Lipinski definition) is 0. The number of aromatic nitrogens is 5. The molecule has 0 atom stereocenters. The predicted molar refractivity (Wildman–Crippen MR) is 100 cm³/mol. The van der Waals surface area contributed by atoms with E-state index in [1.165, 1.54) is 11.8 Å². The minimum absolute atomic E-state index is 0.350. The molecule has 0 N–H and O–H groups in total. The molecule has 0 radical (unpaired) electrons. The van der Waals surface area contributed by atoms with Gasteiger partial charge in [0.15, 0.2) is 15.6 Å². The fraction of sp³-hybridized carbons (Fsp3) is 0.176. The molecule has 0 saturated heterocycles. The third kappa shape index (κ3) is 3.32. The average Bonchev–Trinajstić information content (AvgIpc) is 3.34. The van der Waals surface area contributed by atoms with Gasteiger partial charge in [0, 0.05) is 0 Å². The number of para-hydroxylation sites is 1. The fourth-order valence-corrected chi connectivity index (χ4v) is 3.63. The minimum atomic E-state index is 0.350. The number of nitrogens with zero attached hydrogens (tertiary/aromatic N) is 5. The van der Waals surface area contributed by atoms with Crippen molar-refractivity contribution >= 4 is 27.7 Å². The number of rotatable bonds is 5. The summed E-state index contributed by atoms with van der Waals surface area (Å²) in [5.74, 6) is 2.68. The highest BCUT2D eigenvalue weighted by atomic mass is 79.9. The van der Waals surface area contributed by atoms with E-state index in [1.54, 1.807) is 12.1 Å². The first-order valence-electron chi connectivity index (χ1n) is 7.81. The summed E-state index contributed by atoms with van der Waals surface area (Å²) in [6.45, 7) is 4.00. The number of furan rings is 1. The first kappa shape index (κ1) is 17.0. The van der Waals surface area contributed by atoms with Gasteiger partial charge in [0.05, 0.1) is 11.4 Å². The average molecular weight is 432 g/mol. The van der Waals surface area contributed by atoms with Gasteiger partial charge < -0.3 is 8.83 Å². The first-order valence-corrected chi connectivity index (χ1v) is 9.58. The molecule has 0 fully saturated rings. The molecule has 4 rings (SSSR count). The Balaban J connectivity index is 1.55. The second kappa shape index (κ2) is 7.08. The number of aryl methyl sites for hydroxylation is 2. The molecular weight excluding hydrogens is 418 g/mol. The molecule has 1 aromatic carbocycles. The summed E-state index contributed by atoms with van der Waals surface area (Å²) in [5.41, 5.74) is 2.21. The molecule has 4 aromatic rings. The predicted octanol–water partition coefficient (Wildman–Crippen LogP) is 4.58. The van der Waals surface area contributed by atoms with Gasteiger partial charge in [-0.15, -0.1) is 20.4 Å². The van der Waals surface area contributed by atoms with Crippen molar-refractivity contribution in [2.24, 2.45) is 0 Å². The maximum absolute atomic E-state index is 5.67. The number of halogens is 1. The molecule has 3 heterocycles. The molecule has 132 valence electrons. The summed E-state index contributed by atoms with van der Waals surface area (Å²) in [6, 6.07) is 11.7. The topological polar surface area (TPSA) is 82.8 Å².